The SMILES string of the molecule is CCCCCCCCC(CCCCCC)C(=O)OCCCCCCCCNC(=O)CNC(=O)CCCOC(=O)C(CCCC)CCCCCC. The predicted molar refractivity (Wildman–Crippen MR) is 207 cm³/mol. The Morgan fingerprint density at radius 3 is 1.34 bits per heavy atom. The van der Waals surface area contributed by atoms with Crippen LogP contribution in [0.3, 0.4) is 0 Å². The summed E-state index contributed by atoms with van der Waals surface area (Å²) >= 11 is 0. The van der Waals surface area contributed by atoms with E-state index in [-0.39, 0.29) is 55.2 Å². The minimum atomic E-state index is -0.204. The standard InChI is InChI=1S/C42H80N2O6/c1-5-9-13-16-19-24-31-38(30-23-15-11-7-3)42(48)49-34-26-21-18-17-20-25-33-43-40(46)36-44-39(45)32-27-35-50-41(47)37(28-12-8-4)29-22-14-10-6-2/h37-38H,5-36H2,1-4H3,(H,43,46)(H,44,45). The lowest BCUT2D eigenvalue weighted by Gasteiger charge is -2.16. The highest BCUT2D eigenvalue weighted by molar-refractivity contribution is 5.84. The maximum absolute atomic E-state index is 12.8. The molecule has 2 unspecified atom stereocenters. The van der Waals surface area contributed by atoms with Crippen LogP contribution in [0.5, 0.6) is 0 Å². The third-order valence-electron chi connectivity index (χ3n) is 9.67. The Morgan fingerprint density at radius 2 is 0.820 bits per heavy atom. The Bertz CT molecular complexity index is 820. The summed E-state index contributed by atoms with van der Waals surface area (Å²) in [4.78, 5) is 49.6. The average Bonchev–Trinajstić information content (AvgIpc) is 3.11. The summed E-state index contributed by atoms with van der Waals surface area (Å²) in [6, 6.07) is 0. The Balaban J connectivity index is 3.92. The van der Waals surface area contributed by atoms with E-state index in [4.69, 9.17) is 9.47 Å². The fourth-order valence-corrected chi connectivity index (χ4v) is 6.32. The van der Waals surface area contributed by atoms with Gasteiger partial charge in [-0.25, -0.2) is 0 Å². The van der Waals surface area contributed by atoms with E-state index in [1.807, 2.05) is 0 Å². The number of esters is 2. The van der Waals surface area contributed by atoms with E-state index < -0.39 is 0 Å². The number of unbranched alkanes of at least 4 members (excludes halogenated alkanes) is 17. The molecule has 0 fully saturated rings. The number of ether oxygens (including phenoxy) is 2. The van der Waals surface area contributed by atoms with E-state index in [1.165, 1.54) is 64.2 Å². The fraction of sp³-hybridized carbons (Fsp3) is 0.905. The lowest BCUT2D eigenvalue weighted by atomic mass is 9.94. The van der Waals surface area contributed by atoms with Gasteiger partial charge in [-0.15, -0.1) is 0 Å². The topological polar surface area (TPSA) is 111 Å². The molecule has 0 saturated carbocycles. The lowest BCUT2D eigenvalue weighted by molar-refractivity contribution is -0.150. The molecule has 0 aliphatic rings. The zero-order valence-corrected chi connectivity index (χ0v) is 33.2. The minimum absolute atomic E-state index is 0.0159. The van der Waals surface area contributed by atoms with Crippen molar-refractivity contribution in [1.82, 2.24) is 10.6 Å². The molecule has 0 rings (SSSR count). The van der Waals surface area contributed by atoms with Crippen LogP contribution in [0, 0.1) is 11.8 Å². The van der Waals surface area contributed by atoms with Crippen molar-refractivity contribution >= 4 is 23.8 Å². The molecule has 2 atom stereocenters. The van der Waals surface area contributed by atoms with Gasteiger partial charge in [0.15, 0.2) is 0 Å². The quantitative estimate of drug-likeness (QED) is 0.0491. The van der Waals surface area contributed by atoms with Crippen molar-refractivity contribution in [3.8, 4) is 0 Å². The Kier molecular flexibility index (Phi) is 35.1. The van der Waals surface area contributed by atoms with Crippen LogP contribution in [0.1, 0.15) is 207 Å². The smallest absolute Gasteiger partial charge is 0.308 e. The van der Waals surface area contributed by atoms with Crippen molar-refractivity contribution < 1.29 is 28.7 Å². The van der Waals surface area contributed by atoms with Crippen LogP contribution in [0.15, 0.2) is 0 Å². The van der Waals surface area contributed by atoms with E-state index >= 15 is 0 Å². The Hall–Kier alpha value is -2.12. The van der Waals surface area contributed by atoms with Gasteiger partial charge >= 0.3 is 11.9 Å². The van der Waals surface area contributed by atoms with Gasteiger partial charge in [-0.3, -0.25) is 19.2 Å². The number of hydrogen-bond acceptors (Lipinski definition) is 6. The zero-order chi connectivity index (χ0) is 36.9. The summed E-state index contributed by atoms with van der Waals surface area (Å²) in [6.45, 7) is 10.1. The van der Waals surface area contributed by atoms with E-state index in [0.717, 1.165) is 103 Å². The second-order valence-electron chi connectivity index (χ2n) is 14.5. The molecule has 0 aromatic carbocycles. The van der Waals surface area contributed by atoms with Gasteiger partial charge in [0.1, 0.15) is 0 Å². The number of rotatable bonds is 37. The van der Waals surface area contributed by atoms with E-state index in [0.29, 0.717) is 19.6 Å². The van der Waals surface area contributed by atoms with Gasteiger partial charge in [0, 0.05) is 13.0 Å². The van der Waals surface area contributed by atoms with Gasteiger partial charge in [0.25, 0.3) is 0 Å². The maximum Gasteiger partial charge on any atom is 0.308 e. The van der Waals surface area contributed by atoms with Crippen LogP contribution in [-0.4, -0.2) is 50.1 Å². The van der Waals surface area contributed by atoms with Crippen molar-refractivity contribution in [3.63, 3.8) is 0 Å². The van der Waals surface area contributed by atoms with Crippen LogP contribution in [0.2, 0.25) is 0 Å². The number of nitrogens with one attached hydrogen (secondary N) is 2. The first-order valence-corrected chi connectivity index (χ1v) is 21.3. The van der Waals surface area contributed by atoms with Crippen molar-refractivity contribution in [1.29, 1.82) is 0 Å². The number of hydrogen-bond donors (Lipinski definition) is 2. The molecule has 0 bridgehead atoms. The summed E-state index contributed by atoms with van der Waals surface area (Å²) in [7, 11) is 0. The van der Waals surface area contributed by atoms with Crippen LogP contribution < -0.4 is 10.6 Å². The molecule has 8 heteroatoms. The molecule has 0 aromatic rings. The van der Waals surface area contributed by atoms with E-state index in [9.17, 15) is 19.2 Å². The zero-order valence-electron chi connectivity index (χ0n) is 33.2. The molecule has 0 aliphatic carbocycles. The number of amides is 2. The second-order valence-corrected chi connectivity index (χ2v) is 14.5. The van der Waals surface area contributed by atoms with Gasteiger partial charge < -0.3 is 20.1 Å². The fourth-order valence-electron chi connectivity index (χ4n) is 6.32. The predicted octanol–water partition coefficient (Wildman–Crippen LogP) is 10.5. The Morgan fingerprint density at radius 1 is 0.420 bits per heavy atom. The summed E-state index contributed by atoms with van der Waals surface area (Å²) in [5, 5.41) is 5.54. The molecule has 0 radical (unpaired) electrons. The molecule has 2 N–H and O–H groups in total. The van der Waals surface area contributed by atoms with Gasteiger partial charge in [-0.2, -0.15) is 0 Å². The number of carbonyl (C=O) groups is 4. The molecule has 0 aromatic heterocycles. The summed E-state index contributed by atoms with van der Waals surface area (Å²) in [5.74, 6) is -0.481. The van der Waals surface area contributed by atoms with Gasteiger partial charge in [0.05, 0.1) is 31.6 Å². The maximum atomic E-state index is 12.8. The molecule has 0 saturated heterocycles. The normalized spacial score (nSPS) is 12.3. The molecular formula is C42H80N2O6. The third kappa shape index (κ3) is 30.7. The van der Waals surface area contributed by atoms with Crippen LogP contribution >= 0.6 is 0 Å². The second kappa shape index (κ2) is 36.7. The number of carbonyl (C=O) groups excluding carboxylic acids is 4. The Labute approximate surface area is 308 Å². The van der Waals surface area contributed by atoms with E-state index in [2.05, 4.69) is 38.3 Å². The molecule has 0 spiro atoms. The van der Waals surface area contributed by atoms with Crippen molar-refractivity contribution in [2.24, 2.45) is 11.8 Å². The highest BCUT2D eigenvalue weighted by Gasteiger charge is 2.20. The summed E-state index contributed by atoms with van der Waals surface area (Å²) in [6.07, 6.45) is 29.4. The van der Waals surface area contributed by atoms with Crippen molar-refractivity contribution in [2.75, 3.05) is 26.3 Å². The first kappa shape index (κ1) is 47.9. The monoisotopic (exact) mass is 709 g/mol. The molecule has 0 heterocycles. The summed E-state index contributed by atoms with van der Waals surface area (Å²) < 4.78 is 11.2. The largest absolute Gasteiger partial charge is 0.465 e. The average molecular weight is 709 g/mol. The molecule has 2 amide bonds. The van der Waals surface area contributed by atoms with Crippen molar-refractivity contribution in [2.45, 2.75) is 207 Å². The molecule has 50 heavy (non-hydrogen) atoms. The third-order valence-corrected chi connectivity index (χ3v) is 9.67. The minimum Gasteiger partial charge on any atom is -0.465 e. The van der Waals surface area contributed by atoms with Gasteiger partial charge in [-0.05, 0) is 44.9 Å². The highest BCUT2D eigenvalue weighted by Crippen LogP contribution is 2.21. The molecule has 8 nitrogen and oxygen atoms in total. The van der Waals surface area contributed by atoms with Crippen molar-refractivity contribution in [3.05, 3.63) is 0 Å². The van der Waals surface area contributed by atoms with Crippen LogP contribution in [0.4, 0.5) is 0 Å². The lowest BCUT2D eigenvalue weighted by Crippen LogP contribution is -2.37. The first-order chi connectivity index (χ1) is 24.4. The first-order valence-electron chi connectivity index (χ1n) is 21.3. The van der Waals surface area contributed by atoms with E-state index in [1.54, 1.807) is 0 Å². The van der Waals surface area contributed by atoms with Crippen LogP contribution in [-0.2, 0) is 28.7 Å². The summed E-state index contributed by atoms with van der Waals surface area (Å²) in [5.41, 5.74) is 0. The molecule has 294 valence electrons. The van der Waals surface area contributed by atoms with Gasteiger partial charge in [0.2, 0.25) is 11.8 Å². The molecule has 0 aliphatic heterocycles. The van der Waals surface area contributed by atoms with Gasteiger partial charge in [-0.1, -0.05) is 156 Å². The molecular weight excluding hydrogens is 628 g/mol. The van der Waals surface area contributed by atoms with Crippen LogP contribution in [0.25, 0.3) is 0 Å². The highest BCUT2D eigenvalue weighted by atomic mass is 16.5.